The lowest BCUT2D eigenvalue weighted by molar-refractivity contribution is 0.295. The van der Waals surface area contributed by atoms with Crippen LogP contribution in [0.25, 0.3) is 0 Å². The van der Waals surface area contributed by atoms with E-state index < -0.39 is 0 Å². The molecule has 1 N–H and O–H groups in total. The number of hydrogen-bond donors (Lipinski definition) is 1. The van der Waals surface area contributed by atoms with Crippen LogP contribution in [0.4, 0.5) is 0 Å². The second kappa shape index (κ2) is 11.1. The third-order valence-electron chi connectivity index (χ3n) is 3.38. The van der Waals surface area contributed by atoms with Crippen LogP contribution in [0.1, 0.15) is 18.9 Å². The van der Waals surface area contributed by atoms with Crippen molar-refractivity contribution in [3.63, 3.8) is 0 Å². The van der Waals surface area contributed by atoms with Gasteiger partial charge in [0.25, 0.3) is 0 Å². The van der Waals surface area contributed by atoms with Crippen LogP contribution in [0.3, 0.4) is 0 Å². The van der Waals surface area contributed by atoms with Crippen LogP contribution < -0.4 is 19.5 Å². The summed E-state index contributed by atoms with van der Waals surface area (Å²) >= 11 is 0. The van der Waals surface area contributed by atoms with Crippen molar-refractivity contribution in [3.05, 3.63) is 60.8 Å². The lowest BCUT2D eigenvalue weighted by Gasteiger charge is -2.13. The summed E-state index contributed by atoms with van der Waals surface area (Å²) in [5.74, 6) is 2.18. The summed E-state index contributed by atoms with van der Waals surface area (Å²) in [6.07, 6.45) is 4.36. The number of rotatable bonds is 12. The molecule has 0 saturated carbocycles. The molecular weight excluding hydrogens is 316 g/mol. The Morgan fingerprint density at radius 3 is 2.80 bits per heavy atom. The quantitative estimate of drug-likeness (QED) is 0.472. The molecule has 5 heteroatoms. The molecule has 25 heavy (non-hydrogen) atoms. The van der Waals surface area contributed by atoms with Gasteiger partial charge in [-0.3, -0.25) is 0 Å². The summed E-state index contributed by atoms with van der Waals surface area (Å²) in [7, 11) is 0. The van der Waals surface area contributed by atoms with Crippen molar-refractivity contribution in [2.45, 2.75) is 19.9 Å². The first-order valence-corrected chi connectivity index (χ1v) is 8.57. The van der Waals surface area contributed by atoms with E-state index in [1.165, 1.54) is 0 Å². The van der Waals surface area contributed by atoms with Crippen LogP contribution in [-0.4, -0.2) is 31.3 Å². The fraction of sp³-hybridized carbons (Fsp3) is 0.350. The Morgan fingerprint density at radius 1 is 1.12 bits per heavy atom. The van der Waals surface area contributed by atoms with E-state index in [-0.39, 0.29) is 0 Å². The molecule has 2 rings (SSSR count). The molecule has 0 saturated heterocycles. The Labute approximate surface area is 149 Å². The molecule has 0 aliphatic carbocycles. The van der Waals surface area contributed by atoms with E-state index >= 15 is 0 Å². The largest absolute Gasteiger partial charge is 0.490 e. The first-order valence-electron chi connectivity index (χ1n) is 8.57. The molecule has 0 aliphatic heterocycles. The van der Waals surface area contributed by atoms with E-state index in [0.717, 1.165) is 36.6 Å². The van der Waals surface area contributed by atoms with Crippen molar-refractivity contribution < 1.29 is 14.2 Å². The molecule has 0 radical (unpaired) electrons. The minimum absolute atomic E-state index is 0.466. The van der Waals surface area contributed by atoms with Gasteiger partial charge >= 0.3 is 0 Å². The Morgan fingerprint density at radius 2 is 2.04 bits per heavy atom. The average Bonchev–Trinajstić information content (AvgIpc) is 2.65. The van der Waals surface area contributed by atoms with Crippen molar-refractivity contribution in [2.75, 3.05) is 26.4 Å². The molecule has 0 atom stereocenters. The minimum atomic E-state index is 0.466. The molecular formula is C20H26N2O3. The Balaban J connectivity index is 1.72. The molecule has 1 aromatic carbocycles. The summed E-state index contributed by atoms with van der Waals surface area (Å²) in [6, 6.07) is 11.6. The number of hydrogen-bond acceptors (Lipinski definition) is 5. The number of benzene rings is 1. The fourth-order valence-corrected chi connectivity index (χ4v) is 2.24. The monoisotopic (exact) mass is 342 g/mol. The summed E-state index contributed by atoms with van der Waals surface area (Å²) in [6.45, 7) is 8.97. The topological polar surface area (TPSA) is 52.6 Å². The average molecular weight is 342 g/mol. The van der Waals surface area contributed by atoms with Crippen LogP contribution in [0, 0.1) is 0 Å². The van der Waals surface area contributed by atoms with Gasteiger partial charge in [0.15, 0.2) is 11.5 Å². The van der Waals surface area contributed by atoms with E-state index in [2.05, 4.69) is 16.9 Å². The maximum atomic E-state index is 5.65. The standard InChI is InChI=1S/C20H26N2O3/c1-3-13-24-18-10-9-17(15-19(18)23-4-2)16-21-11-7-14-25-20-8-5-6-12-22-20/h3,5-6,8-10,12,15,21H,1,4,7,11,13-14,16H2,2H3. The fourth-order valence-electron chi connectivity index (χ4n) is 2.24. The molecule has 0 bridgehead atoms. The SMILES string of the molecule is C=CCOc1ccc(CNCCCOc2ccccn2)cc1OCC. The number of nitrogens with one attached hydrogen (secondary N) is 1. The summed E-state index contributed by atoms with van der Waals surface area (Å²) in [5.41, 5.74) is 1.15. The van der Waals surface area contributed by atoms with Crippen molar-refractivity contribution in [2.24, 2.45) is 0 Å². The second-order valence-corrected chi connectivity index (χ2v) is 5.36. The van der Waals surface area contributed by atoms with Crippen molar-refractivity contribution in [3.8, 4) is 17.4 Å². The lowest BCUT2D eigenvalue weighted by Crippen LogP contribution is -2.17. The zero-order valence-corrected chi connectivity index (χ0v) is 14.7. The van der Waals surface area contributed by atoms with Gasteiger partial charge in [0, 0.05) is 18.8 Å². The van der Waals surface area contributed by atoms with Crippen LogP contribution >= 0.6 is 0 Å². The molecule has 0 spiro atoms. The van der Waals surface area contributed by atoms with Gasteiger partial charge in [0.2, 0.25) is 5.88 Å². The number of aromatic nitrogens is 1. The van der Waals surface area contributed by atoms with Crippen molar-refractivity contribution in [1.29, 1.82) is 0 Å². The highest BCUT2D eigenvalue weighted by Crippen LogP contribution is 2.28. The van der Waals surface area contributed by atoms with Crippen molar-refractivity contribution in [1.82, 2.24) is 10.3 Å². The summed E-state index contributed by atoms with van der Waals surface area (Å²) in [4.78, 5) is 4.13. The van der Waals surface area contributed by atoms with Gasteiger partial charge in [-0.1, -0.05) is 24.8 Å². The second-order valence-electron chi connectivity index (χ2n) is 5.36. The highest BCUT2D eigenvalue weighted by molar-refractivity contribution is 5.43. The molecule has 5 nitrogen and oxygen atoms in total. The number of ether oxygens (including phenoxy) is 3. The van der Waals surface area contributed by atoms with Gasteiger partial charge in [0.1, 0.15) is 6.61 Å². The number of nitrogens with zero attached hydrogens (tertiary/aromatic N) is 1. The minimum Gasteiger partial charge on any atom is -0.490 e. The van der Waals surface area contributed by atoms with Crippen LogP contribution in [0.2, 0.25) is 0 Å². The van der Waals surface area contributed by atoms with Gasteiger partial charge in [-0.05, 0) is 43.7 Å². The maximum Gasteiger partial charge on any atom is 0.213 e. The summed E-state index contributed by atoms with van der Waals surface area (Å²) < 4.78 is 16.8. The Hall–Kier alpha value is -2.53. The van der Waals surface area contributed by atoms with Crippen LogP contribution in [0.5, 0.6) is 17.4 Å². The van der Waals surface area contributed by atoms with Crippen LogP contribution in [-0.2, 0) is 6.54 Å². The molecule has 0 unspecified atom stereocenters. The molecule has 134 valence electrons. The van der Waals surface area contributed by atoms with Gasteiger partial charge in [0.05, 0.1) is 13.2 Å². The molecule has 0 fully saturated rings. The van der Waals surface area contributed by atoms with E-state index in [4.69, 9.17) is 14.2 Å². The normalized spacial score (nSPS) is 10.3. The zero-order chi connectivity index (χ0) is 17.7. The highest BCUT2D eigenvalue weighted by Gasteiger charge is 2.06. The maximum absolute atomic E-state index is 5.65. The third-order valence-corrected chi connectivity index (χ3v) is 3.38. The first kappa shape index (κ1) is 18.8. The van der Waals surface area contributed by atoms with E-state index in [9.17, 15) is 0 Å². The van der Waals surface area contributed by atoms with Gasteiger partial charge in [-0.15, -0.1) is 0 Å². The van der Waals surface area contributed by atoms with Gasteiger partial charge in [-0.25, -0.2) is 4.98 Å². The summed E-state index contributed by atoms with van der Waals surface area (Å²) in [5, 5.41) is 3.41. The van der Waals surface area contributed by atoms with E-state index in [1.807, 2.05) is 43.3 Å². The predicted molar refractivity (Wildman–Crippen MR) is 99.4 cm³/mol. The first-order chi connectivity index (χ1) is 12.3. The highest BCUT2D eigenvalue weighted by atomic mass is 16.5. The van der Waals surface area contributed by atoms with E-state index in [1.54, 1.807) is 12.3 Å². The lowest BCUT2D eigenvalue weighted by atomic mass is 10.2. The van der Waals surface area contributed by atoms with Crippen molar-refractivity contribution >= 4 is 0 Å². The zero-order valence-electron chi connectivity index (χ0n) is 14.7. The molecule has 2 aromatic rings. The van der Waals surface area contributed by atoms with Gasteiger partial charge in [-0.2, -0.15) is 0 Å². The molecule has 1 heterocycles. The third kappa shape index (κ3) is 6.85. The predicted octanol–water partition coefficient (Wildman–Crippen LogP) is 3.60. The van der Waals surface area contributed by atoms with Crippen LogP contribution in [0.15, 0.2) is 55.3 Å². The Kier molecular flexibility index (Phi) is 8.35. The molecule has 1 aromatic heterocycles. The van der Waals surface area contributed by atoms with Gasteiger partial charge < -0.3 is 19.5 Å². The van der Waals surface area contributed by atoms with E-state index in [0.29, 0.717) is 25.7 Å². The molecule has 0 aliphatic rings. The number of pyridine rings is 1. The molecule has 0 amide bonds. The Bertz CT molecular complexity index is 632. The smallest absolute Gasteiger partial charge is 0.213 e.